The van der Waals surface area contributed by atoms with Crippen LogP contribution in [0.4, 0.5) is 38.4 Å². The highest BCUT2D eigenvalue weighted by Crippen LogP contribution is 2.33. The van der Waals surface area contributed by atoms with Crippen molar-refractivity contribution in [3.63, 3.8) is 0 Å². The van der Waals surface area contributed by atoms with Gasteiger partial charge in [-0.1, -0.05) is 23.7 Å². The molecule has 4 aromatic rings. The second-order valence-corrected chi connectivity index (χ2v) is 11.8. The molecule has 2 amide bonds. The summed E-state index contributed by atoms with van der Waals surface area (Å²) in [5.74, 6) is 0.560. The Morgan fingerprint density at radius 2 is 1.69 bits per heavy atom. The number of methoxy groups -OCH3 is 1. The summed E-state index contributed by atoms with van der Waals surface area (Å²) in [6.07, 6.45) is 1.44. The molecule has 3 aromatic carbocycles. The Bertz CT molecular complexity index is 1850. The fourth-order valence-corrected chi connectivity index (χ4v) is 5.35. The van der Waals surface area contributed by atoms with E-state index in [-0.39, 0.29) is 28.3 Å². The number of piperazine rings is 1. The van der Waals surface area contributed by atoms with Gasteiger partial charge in [0.05, 0.1) is 23.9 Å². The quantitative estimate of drug-likeness (QED) is 0.206. The maximum Gasteiger partial charge on any atom is 0.332 e. The molecule has 0 spiro atoms. The first-order valence-corrected chi connectivity index (χ1v) is 15.5. The molecule has 1 aliphatic heterocycles. The third kappa shape index (κ3) is 7.77. The summed E-state index contributed by atoms with van der Waals surface area (Å²) in [6.45, 7) is 4.32. The third-order valence-electron chi connectivity index (χ3n) is 7.03. The molecule has 12 nitrogen and oxygen atoms in total. The number of aromatic nitrogens is 2. The van der Waals surface area contributed by atoms with Crippen molar-refractivity contribution < 1.29 is 26.6 Å². The number of benzene rings is 3. The second kappa shape index (κ2) is 13.4. The van der Waals surface area contributed by atoms with E-state index < -0.39 is 21.0 Å². The Labute approximate surface area is 264 Å². The smallest absolute Gasteiger partial charge is 0.332 e. The Balaban J connectivity index is 1.28. The van der Waals surface area contributed by atoms with Gasteiger partial charge in [-0.3, -0.25) is 9.59 Å². The van der Waals surface area contributed by atoms with Crippen LogP contribution in [0.1, 0.15) is 17.3 Å². The van der Waals surface area contributed by atoms with E-state index in [1.54, 1.807) is 38.3 Å². The first-order valence-electron chi connectivity index (χ1n) is 13.7. The van der Waals surface area contributed by atoms with Crippen molar-refractivity contribution >= 4 is 68.2 Å². The monoisotopic (exact) mass is 653 g/mol. The molecule has 1 aliphatic rings. The van der Waals surface area contributed by atoms with E-state index >= 15 is 0 Å². The zero-order valence-electron chi connectivity index (χ0n) is 24.3. The second-order valence-electron chi connectivity index (χ2n) is 10.0. The number of nitrogens with one attached hydrogen (secondary N) is 3. The molecule has 0 bridgehead atoms. The summed E-state index contributed by atoms with van der Waals surface area (Å²) in [7, 11) is -3.39. The van der Waals surface area contributed by atoms with Gasteiger partial charge in [0, 0.05) is 61.8 Å². The average molecular weight is 654 g/mol. The molecule has 0 saturated carbocycles. The van der Waals surface area contributed by atoms with E-state index in [1.807, 2.05) is 23.1 Å². The summed E-state index contributed by atoms with van der Waals surface area (Å²) in [4.78, 5) is 36.6. The van der Waals surface area contributed by atoms with Crippen molar-refractivity contribution in [1.29, 1.82) is 0 Å². The van der Waals surface area contributed by atoms with Crippen molar-refractivity contribution in [3.8, 4) is 5.75 Å². The van der Waals surface area contributed by atoms with Crippen LogP contribution in [0.5, 0.6) is 5.75 Å². The van der Waals surface area contributed by atoms with Crippen LogP contribution in [0, 0.1) is 0 Å². The molecule has 5 rings (SSSR count). The van der Waals surface area contributed by atoms with Crippen LogP contribution in [-0.4, -0.2) is 68.4 Å². The SMILES string of the molecule is COc1cc(N2CCN(C(C)=O)CC2)ccc1Nc1ncc(Cl)c(Nc2cccc(NC(=O)c3cccc(S(=O)(=O)F)c3)c2)n1. The van der Waals surface area contributed by atoms with Crippen LogP contribution in [0.15, 0.2) is 77.8 Å². The largest absolute Gasteiger partial charge is 0.494 e. The van der Waals surface area contributed by atoms with Gasteiger partial charge in [-0.25, -0.2) is 4.98 Å². The molecular formula is C30H29ClFN7O5S. The summed E-state index contributed by atoms with van der Waals surface area (Å²) in [6, 6.07) is 17.1. The number of anilines is 6. The van der Waals surface area contributed by atoms with E-state index in [2.05, 4.69) is 30.8 Å². The fourth-order valence-electron chi connectivity index (χ4n) is 4.70. The zero-order chi connectivity index (χ0) is 32.1. The van der Waals surface area contributed by atoms with Gasteiger partial charge in [-0.2, -0.15) is 13.4 Å². The van der Waals surface area contributed by atoms with Gasteiger partial charge in [0.1, 0.15) is 10.8 Å². The minimum absolute atomic E-state index is 0.0272. The molecule has 0 unspecified atom stereocenters. The van der Waals surface area contributed by atoms with Crippen molar-refractivity contribution in [3.05, 3.63) is 83.5 Å². The topological polar surface area (TPSA) is 146 Å². The number of ether oxygens (including phenoxy) is 1. The lowest BCUT2D eigenvalue weighted by Gasteiger charge is -2.35. The van der Waals surface area contributed by atoms with Crippen molar-refractivity contribution in [2.75, 3.05) is 54.1 Å². The molecule has 0 atom stereocenters. The van der Waals surface area contributed by atoms with Gasteiger partial charge in [-0.15, -0.1) is 3.89 Å². The molecule has 45 heavy (non-hydrogen) atoms. The Kier molecular flexibility index (Phi) is 9.34. The van der Waals surface area contributed by atoms with Crippen LogP contribution in [0.25, 0.3) is 0 Å². The predicted octanol–water partition coefficient (Wildman–Crippen LogP) is 5.20. The van der Waals surface area contributed by atoms with Crippen LogP contribution in [0.2, 0.25) is 5.02 Å². The number of amides is 2. The lowest BCUT2D eigenvalue weighted by Crippen LogP contribution is -2.48. The number of hydrogen-bond acceptors (Lipinski definition) is 10. The number of halogens is 2. The first-order chi connectivity index (χ1) is 21.5. The Morgan fingerprint density at radius 1 is 0.956 bits per heavy atom. The summed E-state index contributed by atoms with van der Waals surface area (Å²) in [5.41, 5.74) is 2.49. The standard InChI is InChI=1S/C30H29ClFN7O5S/c1-19(40)38-11-13-39(14-12-38)23-9-10-26(27(17-23)44-2)36-30-33-18-25(31)28(37-30)34-21-6-4-7-22(16-21)35-29(41)20-5-3-8-24(15-20)45(32,42)43/h3-10,15-18H,11-14H2,1-2H3,(H,35,41)(H2,33,34,36,37). The number of carbonyl (C=O) groups excluding carboxylic acids is 2. The molecule has 3 N–H and O–H groups in total. The Morgan fingerprint density at radius 3 is 2.40 bits per heavy atom. The highest BCUT2D eigenvalue weighted by molar-refractivity contribution is 7.86. The minimum Gasteiger partial charge on any atom is -0.494 e. The van der Waals surface area contributed by atoms with Gasteiger partial charge in [0.2, 0.25) is 11.9 Å². The van der Waals surface area contributed by atoms with Crippen molar-refractivity contribution in [2.24, 2.45) is 0 Å². The predicted molar refractivity (Wildman–Crippen MR) is 170 cm³/mol. The molecule has 234 valence electrons. The lowest BCUT2D eigenvalue weighted by molar-refractivity contribution is -0.129. The van der Waals surface area contributed by atoms with E-state index in [9.17, 15) is 21.9 Å². The summed E-state index contributed by atoms with van der Waals surface area (Å²) >= 11 is 6.38. The number of hydrogen-bond donors (Lipinski definition) is 3. The van der Waals surface area contributed by atoms with Crippen molar-refractivity contribution in [1.82, 2.24) is 14.9 Å². The Hall–Kier alpha value is -4.95. The minimum atomic E-state index is -4.95. The maximum atomic E-state index is 13.4. The molecular weight excluding hydrogens is 625 g/mol. The number of rotatable bonds is 9. The van der Waals surface area contributed by atoms with Crippen LogP contribution in [-0.2, 0) is 15.0 Å². The average Bonchev–Trinajstić information content (AvgIpc) is 3.02. The maximum absolute atomic E-state index is 13.4. The molecule has 1 aromatic heterocycles. The fraction of sp³-hybridized carbons (Fsp3) is 0.200. The van der Waals surface area contributed by atoms with Gasteiger partial charge in [0.25, 0.3) is 5.91 Å². The lowest BCUT2D eigenvalue weighted by atomic mass is 10.2. The normalized spacial score (nSPS) is 13.2. The van der Waals surface area contributed by atoms with E-state index in [4.69, 9.17) is 16.3 Å². The molecule has 0 aliphatic carbocycles. The number of nitrogens with zero attached hydrogens (tertiary/aromatic N) is 4. The summed E-state index contributed by atoms with van der Waals surface area (Å²) < 4.78 is 41.4. The van der Waals surface area contributed by atoms with Crippen LogP contribution in [0.3, 0.4) is 0 Å². The van der Waals surface area contributed by atoms with Crippen LogP contribution < -0.4 is 25.6 Å². The van der Waals surface area contributed by atoms with Gasteiger partial charge < -0.3 is 30.5 Å². The molecule has 1 fully saturated rings. The zero-order valence-corrected chi connectivity index (χ0v) is 25.8. The molecule has 2 heterocycles. The van der Waals surface area contributed by atoms with Gasteiger partial charge in [-0.05, 0) is 48.5 Å². The van der Waals surface area contributed by atoms with Gasteiger partial charge >= 0.3 is 10.2 Å². The summed E-state index contributed by atoms with van der Waals surface area (Å²) in [5, 5.41) is 9.16. The van der Waals surface area contributed by atoms with Crippen molar-refractivity contribution in [2.45, 2.75) is 11.8 Å². The highest BCUT2D eigenvalue weighted by atomic mass is 35.5. The van der Waals surface area contributed by atoms with Crippen LogP contribution >= 0.6 is 11.6 Å². The first kappa shape index (κ1) is 31.5. The van der Waals surface area contributed by atoms with E-state index in [0.29, 0.717) is 49.0 Å². The van der Waals surface area contributed by atoms with E-state index in [1.165, 1.54) is 18.3 Å². The highest BCUT2D eigenvalue weighted by Gasteiger charge is 2.20. The van der Waals surface area contributed by atoms with Gasteiger partial charge in [0.15, 0.2) is 5.82 Å². The molecule has 1 saturated heterocycles. The molecule has 15 heteroatoms. The molecule has 0 radical (unpaired) electrons. The number of carbonyl (C=O) groups is 2. The third-order valence-corrected chi connectivity index (χ3v) is 8.12. The van der Waals surface area contributed by atoms with E-state index in [0.717, 1.165) is 17.8 Å².